The van der Waals surface area contributed by atoms with Gasteiger partial charge in [-0.25, -0.2) is 0 Å². The molecule has 0 rings (SSSR count). The maximum absolute atomic E-state index is 3.03. The molecule has 0 atom stereocenters. The van der Waals surface area contributed by atoms with Crippen LogP contribution in [0, 0.1) is 5.41 Å². The zero-order valence-electron chi connectivity index (χ0n) is 7.78. The van der Waals surface area contributed by atoms with E-state index in [1.54, 1.807) is 0 Å². The lowest BCUT2D eigenvalue weighted by Gasteiger charge is -2.17. The molecule has 0 aromatic carbocycles. The molecule has 0 unspecified atom stereocenters. The molecule has 0 spiro atoms. The van der Waals surface area contributed by atoms with Gasteiger partial charge in [-0.05, 0) is 25.0 Å². The smallest absolute Gasteiger partial charge is 0.00276 e. The van der Waals surface area contributed by atoms with Crippen LogP contribution in [-0.2, 0) is 0 Å². The van der Waals surface area contributed by atoms with Gasteiger partial charge in [0.1, 0.15) is 0 Å². The highest BCUT2D eigenvalue weighted by Gasteiger charge is 2.09. The lowest BCUT2D eigenvalue weighted by molar-refractivity contribution is 0.409. The van der Waals surface area contributed by atoms with Crippen LogP contribution in [0.2, 0.25) is 0 Å². The molecule has 0 saturated carbocycles. The Balaban J connectivity index is 3.79. The van der Waals surface area contributed by atoms with Gasteiger partial charge in [0, 0.05) is 7.05 Å². The Hall–Kier alpha value is -0.460. The molecule has 0 aliphatic heterocycles. The van der Waals surface area contributed by atoms with Gasteiger partial charge in [-0.1, -0.05) is 26.3 Å². The summed E-state index contributed by atoms with van der Waals surface area (Å²) in [5.41, 5.74) is 1.83. The maximum atomic E-state index is 3.03. The first kappa shape index (κ1) is 9.54. The highest BCUT2D eigenvalue weighted by atomic mass is 14.8. The molecule has 0 radical (unpaired) electrons. The lowest BCUT2D eigenvalue weighted by Crippen LogP contribution is -2.06. The van der Waals surface area contributed by atoms with E-state index in [4.69, 9.17) is 0 Å². The second kappa shape index (κ2) is 3.65. The Kier molecular flexibility index (Phi) is 3.48. The molecule has 0 heterocycles. The molecule has 0 aliphatic rings. The number of allylic oxidation sites excluding steroid dienone is 1. The van der Waals surface area contributed by atoms with E-state index >= 15 is 0 Å². The normalized spacial score (nSPS) is 13.5. The minimum absolute atomic E-state index is 0.414. The van der Waals surface area contributed by atoms with E-state index in [9.17, 15) is 0 Å². The van der Waals surface area contributed by atoms with E-state index < -0.39 is 0 Å². The van der Waals surface area contributed by atoms with Crippen molar-refractivity contribution >= 4 is 0 Å². The van der Waals surface area contributed by atoms with Crippen molar-refractivity contribution in [3.8, 4) is 0 Å². The van der Waals surface area contributed by atoms with Crippen LogP contribution in [0.25, 0.3) is 0 Å². The molecule has 0 fully saturated rings. The van der Waals surface area contributed by atoms with E-state index in [0.29, 0.717) is 5.41 Å². The molecule has 60 valence electrons. The summed E-state index contributed by atoms with van der Waals surface area (Å²) in [5.74, 6) is 0. The second-order valence-electron chi connectivity index (χ2n) is 4.02. The molecule has 0 amide bonds. The summed E-state index contributed by atoms with van der Waals surface area (Å²) in [6, 6.07) is 0. The van der Waals surface area contributed by atoms with Gasteiger partial charge in [-0.3, -0.25) is 0 Å². The summed E-state index contributed by atoms with van der Waals surface area (Å²) >= 11 is 0. The standard InChI is InChI=1S/C9H19N/c1-8(7-10-5)6-9(2,3)4/h7,10H,6H2,1-5H3. The molecule has 1 N–H and O–H groups in total. The van der Waals surface area contributed by atoms with Crippen LogP contribution in [-0.4, -0.2) is 7.05 Å². The van der Waals surface area contributed by atoms with Crippen molar-refractivity contribution in [3.63, 3.8) is 0 Å². The third kappa shape index (κ3) is 5.67. The molecule has 0 aromatic rings. The Morgan fingerprint density at radius 3 is 2.20 bits per heavy atom. The first-order valence-electron chi connectivity index (χ1n) is 3.78. The molecular formula is C9H19N. The second-order valence-corrected chi connectivity index (χ2v) is 4.02. The van der Waals surface area contributed by atoms with Crippen molar-refractivity contribution in [2.24, 2.45) is 5.41 Å². The molecule has 0 aromatic heterocycles. The van der Waals surface area contributed by atoms with Crippen molar-refractivity contribution in [2.75, 3.05) is 7.05 Å². The van der Waals surface area contributed by atoms with Crippen molar-refractivity contribution < 1.29 is 0 Å². The molecular weight excluding hydrogens is 122 g/mol. The summed E-state index contributed by atoms with van der Waals surface area (Å²) in [5, 5.41) is 3.03. The highest BCUT2D eigenvalue weighted by molar-refractivity contribution is 4.98. The Morgan fingerprint density at radius 2 is 1.90 bits per heavy atom. The van der Waals surface area contributed by atoms with Crippen LogP contribution in [0.1, 0.15) is 34.1 Å². The number of nitrogens with one attached hydrogen (secondary N) is 1. The van der Waals surface area contributed by atoms with Crippen LogP contribution in [0.15, 0.2) is 11.8 Å². The first-order chi connectivity index (χ1) is 4.45. The van der Waals surface area contributed by atoms with Crippen molar-refractivity contribution in [3.05, 3.63) is 11.8 Å². The topological polar surface area (TPSA) is 12.0 Å². The van der Waals surface area contributed by atoms with Gasteiger partial charge in [0.15, 0.2) is 0 Å². The molecule has 0 aliphatic carbocycles. The van der Waals surface area contributed by atoms with E-state index in [0.717, 1.165) is 6.42 Å². The molecule has 1 nitrogen and oxygen atoms in total. The van der Waals surface area contributed by atoms with Crippen LogP contribution < -0.4 is 5.32 Å². The van der Waals surface area contributed by atoms with Crippen LogP contribution in [0.4, 0.5) is 0 Å². The van der Waals surface area contributed by atoms with Crippen molar-refractivity contribution in [2.45, 2.75) is 34.1 Å². The lowest BCUT2D eigenvalue weighted by atomic mass is 9.89. The fraction of sp³-hybridized carbons (Fsp3) is 0.778. The third-order valence-corrected chi connectivity index (χ3v) is 1.20. The third-order valence-electron chi connectivity index (χ3n) is 1.20. The largest absolute Gasteiger partial charge is 0.394 e. The zero-order chi connectivity index (χ0) is 8.20. The maximum Gasteiger partial charge on any atom is 0.00276 e. The molecule has 0 bridgehead atoms. The van der Waals surface area contributed by atoms with E-state index in [1.165, 1.54) is 5.57 Å². The molecule has 0 saturated heterocycles. The summed E-state index contributed by atoms with van der Waals surface area (Å²) in [4.78, 5) is 0. The Bertz CT molecular complexity index is 117. The summed E-state index contributed by atoms with van der Waals surface area (Å²) in [6.45, 7) is 8.90. The predicted octanol–water partition coefficient (Wildman–Crippen LogP) is 2.55. The monoisotopic (exact) mass is 141 g/mol. The van der Waals surface area contributed by atoms with Gasteiger partial charge in [-0.15, -0.1) is 0 Å². The molecule has 10 heavy (non-hydrogen) atoms. The Morgan fingerprint density at radius 1 is 1.40 bits per heavy atom. The molecule has 1 heteroatoms. The average Bonchev–Trinajstić information content (AvgIpc) is 1.59. The summed E-state index contributed by atoms with van der Waals surface area (Å²) in [7, 11) is 1.94. The summed E-state index contributed by atoms with van der Waals surface area (Å²) < 4.78 is 0. The average molecular weight is 141 g/mol. The number of hydrogen-bond acceptors (Lipinski definition) is 1. The van der Waals surface area contributed by atoms with Gasteiger partial charge in [0.25, 0.3) is 0 Å². The SMILES string of the molecule is CNC=C(C)CC(C)(C)C. The van der Waals surface area contributed by atoms with Crippen LogP contribution >= 0.6 is 0 Å². The highest BCUT2D eigenvalue weighted by Crippen LogP contribution is 2.22. The Labute approximate surface area is 64.5 Å². The predicted molar refractivity (Wildman–Crippen MR) is 46.9 cm³/mol. The number of hydrogen-bond donors (Lipinski definition) is 1. The van der Waals surface area contributed by atoms with E-state index in [2.05, 4.69) is 39.2 Å². The minimum Gasteiger partial charge on any atom is -0.394 e. The van der Waals surface area contributed by atoms with Gasteiger partial charge < -0.3 is 5.32 Å². The summed E-state index contributed by atoms with van der Waals surface area (Å²) in [6.07, 6.45) is 3.22. The zero-order valence-corrected chi connectivity index (χ0v) is 7.78. The van der Waals surface area contributed by atoms with Crippen molar-refractivity contribution in [1.29, 1.82) is 0 Å². The fourth-order valence-corrected chi connectivity index (χ4v) is 1.13. The van der Waals surface area contributed by atoms with Gasteiger partial charge in [0.05, 0.1) is 0 Å². The minimum atomic E-state index is 0.414. The first-order valence-corrected chi connectivity index (χ1v) is 3.78. The van der Waals surface area contributed by atoms with Gasteiger partial charge >= 0.3 is 0 Å². The van der Waals surface area contributed by atoms with Crippen molar-refractivity contribution in [1.82, 2.24) is 5.32 Å². The van der Waals surface area contributed by atoms with Crippen LogP contribution in [0.5, 0.6) is 0 Å². The quantitative estimate of drug-likeness (QED) is 0.623. The van der Waals surface area contributed by atoms with Crippen LogP contribution in [0.3, 0.4) is 0 Å². The van der Waals surface area contributed by atoms with E-state index in [-0.39, 0.29) is 0 Å². The fourth-order valence-electron chi connectivity index (χ4n) is 1.13. The number of rotatable bonds is 2. The van der Waals surface area contributed by atoms with E-state index in [1.807, 2.05) is 7.05 Å². The van der Waals surface area contributed by atoms with Gasteiger partial charge in [0.2, 0.25) is 0 Å². The van der Waals surface area contributed by atoms with Gasteiger partial charge in [-0.2, -0.15) is 0 Å².